The van der Waals surface area contributed by atoms with Gasteiger partial charge in [0.1, 0.15) is 13.2 Å². The maximum Gasteiger partial charge on any atom is 0.306 e. The molecule has 0 saturated carbocycles. The van der Waals surface area contributed by atoms with Crippen LogP contribution < -0.4 is 0 Å². The van der Waals surface area contributed by atoms with Gasteiger partial charge < -0.3 is 14.2 Å². The Morgan fingerprint density at radius 2 is 0.541 bits per heavy atom. The maximum absolute atomic E-state index is 12.8. The summed E-state index contributed by atoms with van der Waals surface area (Å²) in [6.45, 7) is 11.4. The van der Waals surface area contributed by atoms with Crippen molar-refractivity contribution in [1.82, 2.24) is 0 Å². The fourth-order valence-electron chi connectivity index (χ4n) is 8.34. The van der Waals surface area contributed by atoms with Crippen molar-refractivity contribution in [3.63, 3.8) is 0 Å². The predicted octanol–water partition coefficient (Wildman–Crippen LogP) is 17.7. The van der Waals surface area contributed by atoms with Crippen molar-refractivity contribution >= 4 is 17.9 Å². The molecule has 0 amide bonds. The summed E-state index contributed by atoms with van der Waals surface area (Å²) in [5.41, 5.74) is 0. The first-order chi connectivity index (χ1) is 29.7. The van der Waals surface area contributed by atoms with Crippen LogP contribution in [0.15, 0.2) is 0 Å². The van der Waals surface area contributed by atoms with Crippen LogP contribution >= 0.6 is 0 Å². The van der Waals surface area contributed by atoms with Gasteiger partial charge in [0.25, 0.3) is 0 Å². The van der Waals surface area contributed by atoms with Crippen LogP contribution in [0.4, 0.5) is 0 Å². The van der Waals surface area contributed by atoms with E-state index in [-0.39, 0.29) is 31.1 Å². The predicted molar refractivity (Wildman–Crippen MR) is 261 cm³/mol. The molecule has 0 aliphatic rings. The van der Waals surface area contributed by atoms with Crippen LogP contribution in [-0.2, 0) is 28.6 Å². The topological polar surface area (TPSA) is 78.9 Å². The zero-order chi connectivity index (χ0) is 44.7. The molecule has 61 heavy (non-hydrogen) atoms. The number of rotatable bonds is 49. The smallest absolute Gasteiger partial charge is 0.306 e. The van der Waals surface area contributed by atoms with E-state index in [9.17, 15) is 14.4 Å². The van der Waals surface area contributed by atoms with E-state index in [2.05, 4.69) is 34.6 Å². The lowest BCUT2D eigenvalue weighted by Crippen LogP contribution is -2.30. The summed E-state index contributed by atoms with van der Waals surface area (Å²) in [7, 11) is 0. The van der Waals surface area contributed by atoms with Gasteiger partial charge in [-0.05, 0) is 31.1 Å². The summed E-state index contributed by atoms with van der Waals surface area (Å²) in [4.78, 5) is 38.0. The standard InChI is InChI=1S/C55H106O6/c1-6-7-8-9-10-11-18-27-32-37-42-47-55(58)61-52(49-60-54(57)46-41-36-31-26-22-21-24-29-34-39-44-51(4)5)48-59-53(56)45-40-35-30-25-20-17-15-13-12-14-16-19-23-28-33-38-43-50(2)3/h50-52H,6-49H2,1-5H3/t52-/m0/s1. The van der Waals surface area contributed by atoms with E-state index in [0.717, 1.165) is 69.6 Å². The number of hydrogen-bond donors (Lipinski definition) is 0. The van der Waals surface area contributed by atoms with E-state index in [1.165, 1.54) is 193 Å². The second-order valence-electron chi connectivity index (χ2n) is 19.8. The fraction of sp³-hybridized carbons (Fsp3) is 0.945. The highest BCUT2D eigenvalue weighted by Gasteiger charge is 2.19. The van der Waals surface area contributed by atoms with Crippen LogP contribution in [0.1, 0.15) is 304 Å². The number of carbonyl (C=O) groups is 3. The molecular formula is C55H106O6. The first-order valence-electron chi connectivity index (χ1n) is 27.2. The molecule has 0 saturated heterocycles. The van der Waals surface area contributed by atoms with Crippen LogP contribution in [0, 0.1) is 11.8 Å². The number of esters is 3. The number of unbranched alkanes of at least 4 members (excludes halogenated alkanes) is 34. The molecule has 362 valence electrons. The Kier molecular flexibility index (Phi) is 46.6. The minimum Gasteiger partial charge on any atom is -0.462 e. The molecule has 0 rings (SSSR count). The molecule has 0 fully saturated rings. The van der Waals surface area contributed by atoms with Gasteiger partial charge in [-0.25, -0.2) is 0 Å². The zero-order valence-corrected chi connectivity index (χ0v) is 41.8. The third-order valence-electron chi connectivity index (χ3n) is 12.5. The monoisotopic (exact) mass is 863 g/mol. The normalized spacial score (nSPS) is 12.0. The molecular weight excluding hydrogens is 757 g/mol. The number of ether oxygens (including phenoxy) is 3. The van der Waals surface area contributed by atoms with Gasteiger partial charge in [-0.2, -0.15) is 0 Å². The summed E-state index contributed by atoms with van der Waals surface area (Å²) in [6.07, 6.45) is 49.5. The van der Waals surface area contributed by atoms with Gasteiger partial charge in [0.2, 0.25) is 0 Å². The fourth-order valence-corrected chi connectivity index (χ4v) is 8.34. The van der Waals surface area contributed by atoms with Gasteiger partial charge in [-0.3, -0.25) is 14.4 Å². The van der Waals surface area contributed by atoms with Crippen molar-refractivity contribution in [3.05, 3.63) is 0 Å². The van der Waals surface area contributed by atoms with Crippen molar-refractivity contribution in [3.8, 4) is 0 Å². The second kappa shape index (κ2) is 47.9. The van der Waals surface area contributed by atoms with Gasteiger partial charge in [0.15, 0.2) is 6.10 Å². The number of carbonyl (C=O) groups excluding carboxylic acids is 3. The minimum absolute atomic E-state index is 0.0632. The first-order valence-corrected chi connectivity index (χ1v) is 27.2. The van der Waals surface area contributed by atoms with Crippen molar-refractivity contribution < 1.29 is 28.6 Å². The lowest BCUT2D eigenvalue weighted by atomic mass is 10.0. The van der Waals surface area contributed by atoms with Gasteiger partial charge in [0, 0.05) is 19.3 Å². The van der Waals surface area contributed by atoms with E-state index in [4.69, 9.17) is 14.2 Å². The van der Waals surface area contributed by atoms with Crippen LogP contribution in [0.5, 0.6) is 0 Å². The van der Waals surface area contributed by atoms with Crippen molar-refractivity contribution in [2.75, 3.05) is 13.2 Å². The molecule has 0 bridgehead atoms. The second-order valence-corrected chi connectivity index (χ2v) is 19.8. The average molecular weight is 863 g/mol. The summed E-state index contributed by atoms with van der Waals surface area (Å²) in [5.74, 6) is 0.826. The third kappa shape index (κ3) is 49.3. The summed E-state index contributed by atoms with van der Waals surface area (Å²) >= 11 is 0. The lowest BCUT2D eigenvalue weighted by Gasteiger charge is -2.18. The molecule has 0 aromatic carbocycles. The van der Waals surface area contributed by atoms with Crippen LogP contribution in [0.25, 0.3) is 0 Å². The van der Waals surface area contributed by atoms with Crippen molar-refractivity contribution in [2.24, 2.45) is 11.8 Å². The summed E-state index contributed by atoms with van der Waals surface area (Å²) in [6, 6.07) is 0. The lowest BCUT2D eigenvalue weighted by molar-refractivity contribution is -0.167. The summed E-state index contributed by atoms with van der Waals surface area (Å²) in [5, 5.41) is 0. The quantitative estimate of drug-likeness (QED) is 0.0344. The van der Waals surface area contributed by atoms with Crippen LogP contribution in [0.3, 0.4) is 0 Å². The largest absolute Gasteiger partial charge is 0.462 e. The molecule has 6 heteroatoms. The molecule has 6 nitrogen and oxygen atoms in total. The summed E-state index contributed by atoms with van der Waals surface area (Å²) < 4.78 is 16.8. The molecule has 0 spiro atoms. The molecule has 0 aliphatic carbocycles. The van der Waals surface area contributed by atoms with E-state index in [0.29, 0.717) is 19.3 Å². The Hall–Kier alpha value is -1.59. The van der Waals surface area contributed by atoms with Crippen LogP contribution in [-0.4, -0.2) is 37.2 Å². The van der Waals surface area contributed by atoms with Gasteiger partial charge >= 0.3 is 17.9 Å². The Bertz CT molecular complexity index is 931. The Morgan fingerprint density at radius 1 is 0.311 bits per heavy atom. The molecule has 0 aromatic heterocycles. The molecule has 0 aliphatic heterocycles. The van der Waals surface area contributed by atoms with Gasteiger partial charge in [-0.1, -0.05) is 266 Å². The van der Waals surface area contributed by atoms with E-state index < -0.39 is 6.10 Å². The number of hydrogen-bond acceptors (Lipinski definition) is 6. The Labute approximate surface area is 380 Å². The molecule has 0 heterocycles. The Morgan fingerprint density at radius 3 is 0.803 bits per heavy atom. The highest BCUT2D eigenvalue weighted by molar-refractivity contribution is 5.71. The molecule has 0 aromatic rings. The van der Waals surface area contributed by atoms with E-state index in [1.807, 2.05) is 0 Å². The van der Waals surface area contributed by atoms with Crippen molar-refractivity contribution in [1.29, 1.82) is 0 Å². The average Bonchev–Trinajstić information content (AvgIpc) is 3.23. The molecule has 1 atom stereocenters. The van der Waals surface area contributed by atoms with E-state index >= 15 is 0 Å². The van der Waals surface area contributed by atoms with Gasteiger partial charge in [0.05, 0.1) is 0 Å². The highest BCUT2D eigenvalue weighted by Crippen LogP contribution is 2.18. The SMILES string of the molecule is CCCCCCCCCCCCCC(=O)O[C@@H](COC(=O)CCCCCCCCCCCCCCCCCCC(C)C)COC(=O)CCCCCCCCCCCCC(C)C. The van der Waals surface area contributed by atoms with Gasteiger partial charge in [-0.15, -0.1) is 0 Å². The first kappa shape index (κ1) is 59.4. The Balaban J connectivity index is 4.24. The van der Waals surface area contributed by atoms with E-state index in [1.54, 1.807) is 0 Å². The molecule has 0 N–H and O–H groups in total. The minimum atomic E-state index is -0.761. The molecule has 0 unspecified atom stereocenters. The zero-order valence-electron chi connectivity index (χ0n) is 41.8. The van der Waals surface area contributed by atoms with Crippen LogP contribution in [0.2, 0.25) is 0 Å². The maximum atomic E-state index is 12.8. The van der Waals surface area contributed by atoms with Crippen molar-refractivity contribution in [2.45, 2.75) is 310 Å². The molecule has 0 radical (unpaired) electrons. The highest BCUT2D eigenvalue weighted by atomic mass is 16.6. The third-order valence-corrected chi connectivity index (χ3v) is 12.5.